The van der Waals surface area contributed by atoms with E-state index >= 15 is 0 Å². The molecule has 6 atom stereocenters. The topological polar surface area (TPSA) is 237 Å². The van der Waals surface area contributed by atoms with Gasteiger partial charge in [-0.25, -0.2) is 9.13 Å². The second-order valence-corrected chi connectivity index (χ2v) is 31.9. The van der Waals surface area contributed by atoms with Crippen LogP contribution in [0, 0.1) is 17.8 Å². The lowest BCUT2D eigenvalue weighted by molar-refractivity contribution is -0.161. The summed E-state index contributed by atoms with van der Waals surface area (Å²) in [5, 5.41) is 10.6. The minimum atomic E-state index is -4.97. The Kier molecular flexibility index (Phi) is 67.2. The van der Waals surface area contributed by atoms with E-state index in [2.05, 4.69) is 72.8 Å². The third-order valence-corrected chi connectivity index (χ3v) is 20.0. The number of rotatable bonds is 75. The minimum absolute atomic E-state index is 0.0851. The van der Waals surface area contributed by atoms with Gasteiger partial charge >= 0.3 is 39.5 Å². The van der Waals surface area contributed by atoms with Crippen LogP contribution >= 0.6 is 15.6 Å². The molecule has 0 saturated carbocycles. The second kappa shape index (κ2) is 68.9. The molecule has 0 aromatic heterocycles. The molecule has 0 saturated heterocycles. The van der Waals surface area contributed by atoms with E-state index in [4.69, 9.17) is 37.0 Å². The number of unbranched alkanes of at least 4 members (excludes halogenated alkanes) is 39. The Morgan fingerprint density at radius 3 is 0.908 bits per heavy atom. The van der Waals surface area contributed by atoms with Crippen LogP contribution < -0.4 is 0 Å². The van der Waals surface area contributed by atoms with E-state index < -0.39 is 97.5 Å². The number of ether oxygens (including phenoxy) is 4. The van der Waals surface area contributed by atoms with E-state index in [1.165, 1.54) is 173 Å². The van der Waals surface area contributed by atoms with Crippen molar-refractivity contribution < 1.29 is 80.2 Å². The van der Waals surface area contributed by atoms with Crippen LogP contribution in [0.4, 0.5) is 0 Å². The summed E-state index contributed by atoms with van der Waals surface area (Å²) in [6.07, 6.45) is 59.3. The highest BCUT2D eigenvalue weighted by Crippen LogP contribution is 2.45. The molecule has 0 fully saturated rings. The fourth-order valence-corrected chi connectivity index (χ4v) is 13.1. The lowest BCUT2D eigenvalue weighted by Crippen LogP contribution is -2.30. The predicted octanol–water partition coefficient (Wildman–Crippen LogP) is 22.9. The molecule has 17 nitrogen and oxygen atoms in total. The van der Waals surface area contributed by atoms with Crippen LogP contribution in [0.15, 0.2) is 24.3 Å². The number of hydrogen-bond acceptors (Lipinski definition) is 15. The molecule has 0 bridgehead atoms. The van der Waals surface area contributed by atoms with Gasteiger partial charge in [0.05, 0.1) is 26.4 Å². The Morgan fingerprint density at radius 2 is 0.602 bits per heavy atom. The number of hydrogen-bond donors (Lipinski definition) is 3. The first kappa shape index (κ1) is 95.5. The highest BCUT2D eigenvalue weighted by Gasteiger charge is 2.30. The Labute approximate surface area is 599 Å². The standard InChI is InChI=1S/C79H150O17P2/c1-8-10-11-12-13-14-15-16-21-26-29-34-39-48-55-62-78(83)95-74(66-89-76(81)60-53-46-38-33-28-25-23-20-18-17-19-22-24-27-31-36-43-50-57-70(3)4)68-93-97(85,86)91-64-73(80)65-92-98(87,88)94-69-75(67-90-77(82)61-54-47-42-41-45-52-59-72(7)9-2)96-79(84)63-56-49-40-35-30-32-37-44-51-58-71(5)6/h14-16,21,70-75,80H,8-13,17-20,22-69H2,1-7H3,(H,85,86)(H,87,88)/b15-14-,21-16-/t72?,73-,74-,75-/m1/s1. The molecule has 0 aliphatic heterocycles. The molecule has 98 heavy (non-hydrogen) atoms. The number of carbonyl (C=O) groups is 4. The van der Waals surface area contributed by atoms with Crippen LogP contribution in [-0.2, 0) is 65.4 Å². The van der Waals surface area contributed by atoms with E-state index in [9.17, 15) is 43.2 Å². The molecule has 0 spiro atoms. The Bertz CT molecular complexity index is 2000. The third kappa shape index (κ3) is 70.6. The van der Waals surface area contributed by atoms with Gasteiger partial charge in [-0.15, -0.1) is 0 Å². The van der Waals surface area contributed by atoms with Gasteiger partial charge in [-0.1, -0.05) is 330 Å². The van der Waals surface area contributed by atoms with E-state index in [0.717, 1.165) is 127 Å². The molecular formula is C79H150O17P2. The van der Waals surface area contributed by atoms with E-state index in [1.54, 1.807) is 0 Å². The maximum atomic E-state index is 13.1. The van der Waals surface area contributed by atoms with Crippen molar-refractivity contribution in [3.05, 3.63) is 24.3 Å². The third-order valence-electron chi connectivity index (χ3n) is 18.1. The average molecular weight is 1430 g/mol. The van der Waals surface area contributed by atoms with Gasteiger partial charge < -0.3 is 33.8 Å². The van der Waals surface area contributed by atoms with Crippen LogP contribution in [0.25, 0.3) is 0 Å². The fraction of sp³-hybridized carbons (Fsp3) is 0.899. The molecular weight excluding hydrogens is 1280 g/mol. The summed E-state index contributed by atoms with van der Waals surface area (Å²) in [6.45, 7) is 11.8. The molecule has 0 rings (SSSR count). The van der Waals surface area contributed by atoms with Gasteiger partial charge in [0.2, 0.25) is 0 Å². The van der Waals surface area contributed by atoms with Crippen molar-refractivity contribution in [1.29, 1.82) is 0 Å². The minimum Gasteiger partial charge on any atom is -0.462 e. The first-order valence-electron chi connectivity index (χ1n) is 40.2. The second-order valence-electron chi connectivity index (χ2n) is 29.0. The molecule has 0 aliphatic carbocycles. The summed E-state index contributed by atoms with van der Waals surface area (Å²) in [5.74, 6) is 0.138. The normalized spacial score (nSPS) is 14.4. The summed E-state index contributed by atoms with van der Waals surface area (Å²) >= 11 is 0. The number of allylic oxidation sites excluding steroid dienone is 4. The highest BCUT2D eigenvalue weighted by molar-refractivity contribution is 7.47. The Hall–Kier alpha value is -2.46. The molecule has 0 heterocycles. The molecule has 578 valence electrons. The van der Waals surface area contributed by atoms with Gasteiger partial charge in [0.15, 0.2) is 12.2 Å². The predicted molar refractivity (Wildman–Crippen MR) is 400 cm³/mol. The van der Waals surface area contributed by atoms with Crippen molar-refractivity contribution in [2.75, 3.05) is 39.6 Å². The summed E-state index contributed by atoms with van der Waals surface area (Å²) in [4.78, 5) is 72.9. The van der Waals surface area contributed by atoms with Crippen molar-refractivity contribution in [3.63, 3.8) is 0 Å². The highest BCUT2D eigenvalue weighted by atomic mass is 31.2. The van der Waals surface area contributed by atoms with Gasteiger partial charge in [-0.2, -0.15) is 0 Å². The summed E-state index contributed by atoms with van der Waals surface area (Å²) < 4.78 is 68.5. The van der Waals surface area contributed by atoms with Crippen molar-refractivity contribution in [1.82, 2.24) is 0 Å². The van der Waals surface area contributed by atoms with Crippen LogP contribution in [0.5, 0.6) is 0 Å². The quantitative estimate of drug-likeness (QED) is 0.0169. The van der Waals surface area contributed by atoms with Gasteiger partial charge in [-0.3, -0.25) is 37.3 Å². The number of aliphatic hydroxyl groups excluding tert-OH is 1. The summed E-state index contributed by atoms with van der Waals surface area (Å²) in [5.41, 5.74) is 0. The zero-order valence-corrected chi connectivity index (χ0v) is 65.5. The van der Waals surface area contributed by atoms with E-state index in [1.807, 2.05) is 0 Å². The van der Waals surface area contributed by atoms with E-state index in [0.29, 0.717) is 25.7 Å². The van der Waals surface area contributed by atoms with Gasteiger partial charge in [0, 0.05) is 25.7 Å². The lowest BCUT2D eigenvalue weighted by atomic mass is 10.00. The maximum absolute atomic E-state index is 13.1. The van der Waals surface area contributed by atoms with Gasteiger partial charge in [0.25, 0.3) is 0 Å². The zero-order valence-electron chi connectivity index (χ0n) is 63.7. The molecule has 0 aromatic rings. The summed E-state index contributed by atoms with van der Waals surface area (Å²) in [7, 11) is -9.93. The number of phosphoric ester groups is 2. The molecule has 3 N–H and O–H groups in total. The molecule has 19 heteroatoms. The van der Waals surface area contributed by atoms with Crippen LogP contribution in [-0.4, -0.2) is 96.7 Å². The average Bonchev–Trinajstić information content (AvgIpc) is 0.994. The SMILES string of the molecule is CCCCCC/C=C\C=C/CCCCCCCC(=O)O[C@H](COC(=O)CCCCCCCCCCCCCCCCCCCCC(C)C)COP(=O)(O)OC[C@@H](O)COP(=O)(O)OC[C@@H](COC(=O)CCCCCCCCC(C)CC)OC(=O)CCCCCCCCCCCC(C)C. The molecule has 0 radical (unpaired) electrons. The first-order valence-corrected chi connectivity index (χ1v) is 43.2. The van der Waals surface area contributed by atoms with Gasteiger partial charge in [0.1, 0.15) is 19.3 Å². The number of aliphatic hydroxyl groups is 1. The molecule has 3 unspecified atom stereocenters. The zero-order chi connectivity index (χ0) is 72.3. The van der Waals surface area contributed by atoms with Gasteiger partial charge in [-0.05, 0) is 69.1 Å². The Morgan fingerprint density at radius 1 is 0.337 bits per heavy atom. The smallest absolute Gasteiger partial charge is 0.462 e. The number of esters is 4. The van der Waals surface area contributed by atoms with Crippen LogP contribution in [0.2, 0.25) is 0 Å². The Balaban J connectivity index is 5.24. The number of carbonyl (C=O) groups excluding carboxylic acids is 4. The molecule has 0 aliphatic rings. The van der Waals surface area contributed by atoms with Crippen molar-refractivity contribution in [2.24, 2.45) is 17.8 Å². The number of phosphoric acid groups is 2. The van der Waals surface area contributed by atoms with Crippen molar-refractivity contribution in [2.45, 2.75) is 401 Å². The molecule has 0 amide bonds. The van der Waals surface area contributed by atoms with E-state index in [-0.39, 0.29) is 25.7 Å². The van der Waals surface area contributed by atoms with Crippen molar-refractivity contribution in [3.8, 4) is 0 Å². The summed E-state index contributed by atoms with van der Waals surface area (Å²) in [6, 6.07) is 0. The molecule has 0 aromatic carbocycles. The fourth-order valence-electron chi connectivity index (χ4n) is 11.6. The first-order chi connectivity index (χ1) is 47.3. The largest absolute Gasteiger partial charge is 0.472 e. The van der Waals surface area contributed by atoms with Crippen molar-refractivity contribution >= 4 is 39.5 Å². The lowest BCUT2D eigenvalue weighted by Gasteiger charge is -2.21. The monoisotopic (exact) mass is 1430 g/mol. The van der Waals surface area contributed by atoms with Crippen LogP contribution in [0.1, 0.15) is 382 Å². The maximum Gasteiger partial charge on any atom is 0.472 e. The van der Waals surface area contributed by atoms with Crippen LogP contribution in [0.3, 0.4) is 0 Å².